The summed E-state index contributed by atoms with van der Waals surface area (Å²) in [6.45, 7) is 13.7. The van der Waals surface area contributed by atoms with Gasteiger partial charge >= 0.3 is 0 Å². The van der Waals surface area contributed by atoms with Crippen LogP contribution >= 0.6 is 0 Å². The lowest BCUT2D eigenvalue weighted by Crippen LogP contribution is -2.51. The van der Waals surface area contributed by atoms with Crippen LogP contribution in [-0.4, -0.2) is 34.1 Å². The number of nitrogens with zero attached hydrogens (tertiary/aromatic N) is 1. The normalized spacial score (nSPS) is 23.2. The molecule has 1 unspecified atom stereocenters. The largest absolute Gasteiger partial charge is 0.414 e. The fraction of sp³-hybridized carbons (Fsp3) is 0.800. The standard InChI is InChI=1S/C10H24N2O2Si2/c1-15(2,3)12-10(14-16(4,5)6)7-9(8-11)13-12/h7,10H,8,11H2,1-6H3. The Morgan fingerprint density at radius 1 is 1.31 bits per heavy atom. The highest BCUT2D eigenvalue weighted by molar-refractivity contribution is 6.73. The van der Waals surface area contributed by atoms with Crippen molar-refractivity contribution in [1.82, 2.24) is 4.73 Å². The summed E-state index contributed by atoms with van der Waals surface area (Å²) in [7, 11) is -3.11. The molecular formula is C10H24N2O2Si2. The van der Waals surface area contributed by atoms with E-state index in [0.29, 0.717) is 6.54 Å². The summed E-state index contributed by atoms with van der Waals surface area (Å²) in [5.74, 6) is 0.825. The van der Waals surface area contributed by atoms with Crippen molar-refractivity contribution in [2.45, 2.75) is 45.5 Å². The van der Waals surface area contributed by atoms with E-state index in [2.05, 4.69) is 39.3 Å². The second-order valence-corrected chi connectivity index (χ2v) is 15.3. The highest BCUT2D eigenvalue weighted by Crippen LogP contribution is 2.27. The smallest absolute Gasteiger partial charge is 0.186 e. The molecule has 1 atom stereocenters. The fourth-order valence-corrected chi connectivity index (χ4v) is 3.78. The van der Waals surface area contributed by atoms with Gasteiger partial charge in [0.1, 0.15) is 12.0 Å². The zero-order valence-electron chi connectivity index (χ0n) is 11.2. The molecule has 0 spiro atoms. The van der Waals surface area contributed by atoms with Crippen LogP contribution in [-0.2, 0) is 9.26 Å². The lowest BCUT2D eigenvalue weighted by atomic mass is 10.4. The monoisotopic (exact) mass is 260 g/mol. The average Bonchev–Trinajstić information content (AvgIpc) is 2.43. The van der Waals surface area contributed by atoms with Crippen LogP contribution in [0.25, 0.3) is 0 Å². The van der Waals surface area contributed by atoms with Crippen molar-refractivity contribution in [1.29, 1.82) is 0 Å². The summed E-state index contributed by atoms with van der Waals surface area (Å²) < 4.78 is 8.13. The minimum absolute atomic E-state index is 0.0446. The van der Waals surface area contributed by atoms with Crippen molar-refractivity contribution in [3.8, 4) is 0 Å². The maximum absolute atomic E-state index is 6.11. The predicted molar refractivity (Wildman–Crippen MR) is 71.6 cm³/mol. The molecule has 0 saturated carbocycles. The Labute approximate surface area is 101 Å². The Balaban J connectivity index is 2.80. The first-order valence-corrected chi connectivity index (χ1v) is 12.5. The van der Waals surface area contributed by atoms with Crippen molar-refractivity contribution >= 4 is 16.6 Å². The fourth-order valence-electron chi connectivity index (χ4n) is 1.50. The van der Waals surface area contributed by atoms with Gasteiger partial charge in [-0.15, -0.1) is 4.73 Å². The van der Waals surface area contributed by atoms with Gasteiger partial charge in [0.25, 0.3) is 0 Å². The summed E-state index contributed by atoms with van der Waals surface area (Å²) >= 11 is 0. The first-order chi connectivity index (χ1) is 7.13. The maximum Gasteiger partial charge on any atom is 0.186 e. The van der Waals surface area contributed by atoms with Gasteiger partial charge in [0, 0.05) is 6.08 Å². The quantitative estimate of drug-likeness (QED) is 0.786. The second kappa shape index (κ2) is 4.62. The molecule has 0 amide bonds. The molecule has 1 aliphatic rings. The van der Waals surface area contributed by atoms with Gasteiger partial charge in [-0.2, -0.15) is 0 Å². The Morgan fingerprint density at radius 3 is 2.25 bits per heavy atom. The summed E-state index contributed by atoms with van der Waals surface area (Å²) in [4.78, 5) is 5.76. The van der Waals surface area contributed by atoms with Crippen LogP contribution in [0.2, 0.25) is 39.3 Å². The first kappa shape index (κ1) is 13.9. The third-order valence-corrected chi connectivity index (χ3v) is 4.73. The molecule has 0 bridgehead atoms. The SMILES string of the molecule is C[Si](C)(C)OC1C=C(CN)ON1[Si](C)(C)C. The number of nitrogens with two attached hydrogens (primary N) is 1. The van der Waals surface area contributed by atoms with Gasteiger partial charge in [-0.3, -0.25) is 0 Å². The van der Waals surface area contributed by atoms with Gasteiger partial charge in [0.2, 0.25) is 0 Å². The minimum atomic E-state index is -1.57. The number of hydrogen-bond acceptors (Lipinski definition) is 4. The van der Waals surface area contributed by atoms with E-state index < -0.39 is 16.6 Å². The molecule has 0 saturated heterocycles. The Bertz CT molecular complexity index is 282. The highest BCUT2D eigenvalue weighted by atomic mass is 28.4. The average molecular weight is 260 g/mol. The van der Waals surface area contributed by atoms with Gasteiger partial charge in [-0.05, 0) is 19.6 Å². The zero-order valence-corrected chi connectivity index (χ0v) is 13.2. The maximum atomic E-state index is 6.11. The molecule has 0 aromatic heterocycles. The number of hydrogen-bond donors (Lipinski definition) is 1. The van der Waals surface area contributed by atoms with Crippen molar-refractivity contribution < 1.29 is 9.26 Å². The molecule has 2 N–H and O–H groups in total. The summed E-state index contributed by atoms with van der Waals surface area (Å²) in [6, 6.07) is 0. The van der Waals surface area contributed by atoms with Crippen LogP contribution in [0.3, 0.4) is 0 Å². The van der Waals surface area contributed by atoms with Gasteiger partial charge in [-0.25, -0.2) is 0 Å². The van der Waals surface area contributed by atoms with Crippen molar-refractivity contribution in [3.05, 3.63) is 11.8 Å². The van der Waals surface area contributed by atoms with Crippen LogP contribution in [0.15, 0.2) is 11.8 Å². The summed E-state index contributed by atoms with van der Waals surface area (Å²) in [5.41, 5.74) is 5.62. The second-order valence-electron chi connectivity index (χ2n) is 6.05. The zero-order chi connectivity index (χ0) is 12.6. The molecule has 6 heteroatoms. The van der Waals surface area contributed by atoms with Crippen LogP contribution in [0.5, 0.6) is 0 Å². The molecular weight excluding hydrogens is 236 g/mol. The van der Waals surface area contributed by atoms with Gasteiger partial charge in [-0.1, -0.05) is 19.6 Å². The van der Waals surface area contributed by atoms with E-state index in [1.165, 1.54) is 0 Å². The molecule has 0 aromatic carbocycles. The molecule has 94 valence electrons. The third-order valence-electron chi connectivity index (χ3n) is 2.11. The molecule has 0 aliphatic carbocycles. The number of hydroxylamine groups is 1. The Hall–Kier alpha value is -0.146. The first-order valence-electron chi connectivity index (χ1n) is 5.69. The van der Waals surface area contributed by atoms with Crippen LogP contribution in [0.1, 0.15) is 0 Å². The van der Waals surface area contributed by atoms with Crippen molar-refractivity contribution in [2.75, 3.05) is 6.54 Å². The van der Waals surface area contributed by atoms with Crippen LogP contribution in [0.4, 0.5) is 0 Å². The molecule has 0 fully saturated rings. The topological polar surface area (TPSA) is 47.7 Å². The predicted octanol–water partition coefficient (Wildman–Crippen LogP) is 2.09. The molecule has 1 heterocycles. The molecule has 1 rings (SSSR count). The van der Waals surface area contributed by atoms with E-state index in [1.54, 1.807) is 0 Å². The van der Waals surface area contributed by atoms with Crippen LogP contribution < -0.4 is 5.73 Å². The highest BCUT2D eigenvalue weighted by Gasteiger charge is 2.39. The Morgan fingerprint density at radius 2 is 1.88 bits per heavy atom. The third kappa shape index (κ3) is 3.71. The van der Waals surface area contributed by atoms with Gasteiger partial charge in [0.05, 0.1) is 6.54 Å². The minimum Gasteiger partial charge on any atom is -0.414 e. The van der Waals surface area contributed by atoms with E-state index in [0.717, 1.165) is 5.76 Å². The molecule has 0 aromatic rings. The van der Waals surface area contributed by atoms with Crippen molar-refractivity contribution in [2.24, 2.45) is 5.73 Å². The molecule has 4 nitrogen and oxygen atoms in total. The lowest BCUT2D eigenvalue weighted by molar-refractivity contribution is -0.0997. The van der Waals surface area contributed by atoms with Crippen LogP contribution in [0, 0.1) is 0 Å². The molecule has 1 aliphatic heterocycles. The van der Waals surface area contributed by atoms with Crippen molar-refractivity contribution in [3.63, 3.8) is 0 Å². The van der Waals surface area contributed by atoms with E-state index in [1.807, 2.05) is 10.8 Å². The summed E-state index contributed by atoms with van der Waals surface area (Å²) in [6.07, 6.45) is 1.97. The van der Waals surface area contributed by atoms with Gasteiger partial charge in [0.15, 0.2) is 16.6 Å². The van der Waals surface area contributed by atoms with E-state index in [-0.39, 0.29) is 6.23 Å². The molecule has 16 heavy (non-hydrogen) atoms. The Kier molecular flexibility index (Phi) is 4.01. The number of rotatable bonds is 4. The van der Waals surface area contributed by atoms with E-state index in [9.17, 15) is 0 Å². The van der Waals surface area contributed by atoms with Gasteiger partial charge < -0.3 is 15.0 Å². The summed E-state index contributed by atoms with van der Waals surface area (Å²) in [5, 5.41) is 0. The molecule has 0 radical (unpaired) electrons. The lowest BCUT2D eigenvalue weighted by Gasteiger charge is -2.36. The van der Waals surface area contributed by atoms with E-state index >= 15 is 0 Å². The van der Waals surface area contributed by atoms with E-state index in [4.69, 9.17) is 15.0 Å².